The highest BCUT2D eigenvalue weighted by atomic mass is 79.9. The van der Waals surface area contributed by atoms with Gasteiger partial charge in [-0.05, 0) is 30.7 Å². The van der Waals surface area contributed by atoms with Crippen molar-refractivity contribution in [3.05, 3.63) is 34.1 Å². The molecule has 1 rings (SSSR count). The van der Waals surface area contributed by atoms with Gasteiger partial charge in [-0.1, -0.05) is 29.8 Å². The van der Waals surface area contributed by atoms with Gasteiger partial charge in [0.05, 0.1) is 11.3 Å². The number of nitrogens with zero attached hydrogens (tertiary/aromatic N) is 1. The van der Waals surface area contributed by atoms with Crippen molar-refractivity contribution in [3.63, 3.8) is 0 Å². The lowest BCUT2D eigenvalue weighted by Crippen LogP contribution is -2.23. The number of benzene rings is 1. The van der Waals surface area contributed by atoms with Gasteiger partial charge in [0, 0.05) is 15.6 Å². The van der Waals surface area contributed by atoms with Crippen molar-refractivity contribution in [3.8, 4) is 6.07 Å². The predicted molar refractivity (Wildman–Crippen MR) is 74.7 cm³/mol. The van der Waals surface area contributed by atoms with Gasteiger partial charge in [-0.15, -0.1) is 11.8 Å². The molecule has 1 atom stereocenters. The normalized spacial score (nSPS) is 13.2. The van der Waals surface area contributed by atoms with Crippen LogP contribution in [0.2, 0.25) is 0 Å². The van der Waals surface area contributed by atoms with Gasteiger partial charge in [-0.3, -0.25) is 0 Å². The van der Waals surface area contributed by atoms with E-state index in [4.69, 9.17) is 5.26 Å². The summed E-state index contributed by atoms with van der Waals surface area (Å²) >= 11 is 4.91. The average molecular weight is 316 g/mol. The zero-order valence-electron chi connectivity index (χ0n) is 10.1. The van der Waals surface area contributed by atoms with Crippen molar-refractivity contribution >= 4 is 27.7 Å². The van der Waals surface area contributed by atoms with Gasteiger partial charge in [-0.25, -0.2) is 4.39 Å². The molecule has 0 aliphatic heterocycles. The molecule has 0 saturated heterocycles. The molecule has 0 heterocycles. The number of hydrogen-bond donors (Lipinski definition) is 0. The Balaban J connectivity index is 2.89. The first-order chi connectivity index (χ1) is 7.86. The molecule has 17 heavy (non-hydrogen) atoms. The van der Waals surface area contributed by atoms with E-state index in [9.17, 15) is 4.39 Å². The quantitative estimate of drug-likeness (QED) is 0.816. The van der Waals surface area contributed by atoms with Crippen LogP contribution in [0.3, 0.4) is 0 Å². The predicted octanol–water partition coefficient (Wildman–Crippen LogP) is 4.51. The van der Waals surface area contributed by atoms with Crippen LogP contribution in [-0.2, 0) is 5.41 Å². The number of halogens is 2. The molecule has 1 nitrogen and oxygen atoms in total. The SMILES string of the molecule is CC(C#N)SCC(C)(C)c1cc(Br)ccc1F. The van der Waals surface area contributed by atoms with Crippen molar-refractivity contribution < 1.29 is 4.39 Å². The Morgan fingerprint density at radius 3 is 2.76 bits per heavy atom. The Bertz CT molecular complexity index is 440. The maximum atomic E-state index is 13.8. The lowest BCUT2D eigenvalue weighted by molar-refractivity contribution is 0.529. The first-order valence-electron chi connectivity index (χ1n) is 5.33. The van der Waals surface area contributed by atoms with E-state index in [0.717, 1.165) is 10.2 Å². The highest BCUT2D eigenvalue weighted by Gasteiger charge is 2.25. The summed E-state index contributed by atoms with van der Waals surface area (Å²) in [7, 11) is 0. The summed E-state index contributed by atoms with van der Waals surface area (Å²) < 4.78 is 14.7. The Kier molecular flexibility index (Phi) is 5.03. The van der Waals surface area contributed by atoms with Crippen molar-refractivity contribution in [2.45, 2.75) is 31.4 Å². The van der Waals surface area contributed by atoms with E-state index in [0.29, 0.717) is 5.56 Å². The molecule has 0 fully saturated rings. The first-order valence-corrected chi connectivity index (χ1v) is 7.18. The maximum absolute atomic E-state index is 13.8. The minimum atomic E-state index is -0.288. The summed E-state index contributed by atoms with van der Waals surface area (Å²) in [5.41, 5.74) is 0.397. The zero-order valence-corrected chi connectivity index (χ0v) is 12.5. The molecule has 0 radical (unpaired) electrons. The number of rotatable bonds is 4. The third-order valence-corrected chi connectivity index (χ3v) is 4.52. The lowest BCUT2D eigenvalue weighted by Gasteiger charge is -2.26. The second-order valence-electron chi connectivity index (χ2n) is 4.59. The van der Waals surface area contributed by atoms with E-state index in [-0.39, 0.29) is 16.5 Å². The number of thioether (sulfide) groups is 1. The van der Waals surface area contributed by atoms with Gasteiger partial charge in [0.1, 0.15) is 5.82 Å². The summed E-state index contributed by atoms with van der Waals surface area (Å²) in [5, 5.41) is 8.68. The van der Waals surface area contributed by atoms with Crippen molar-refractivity contribution in [1.29, 1.82) is 5.26 Å². The maximum Gasteiger partial charge on any atom is 0.127 e. The largest absolute Gasteiger partial charge is 0.207 e. The van der Waals surface area contributed by atoms with Gasteiger partial charge >= 0.3 is 0 Å². The molecule has 0 spiro atoms. The molecule has 0 amide bonds. The van der Waals surface area contributed by atoms with Crippen LogP contribution in [0.1, 0.15) is 26.3 Å². The van der Waals surface area contributed by atoms with Crippen LogP contribution in [0.4, 0.5) is 4.39 Å². The minimum absolute atomic E-state index is 0.0653. The number of hydrogen-bond acceptors (Lipinski definition) is 2. The van der Waals surface area contributed by atoms with Crippen molar-refractivity contribution in [1.82, 2.24) is 0 Å². The fourth-order valence-electron chi connectivity index (χ4n) is 1.46. The Labute approximate surface area is 115 Å². The molecule has 1 unspecified atom stereocenters. The van der Waals surface area contributed by atoms with Crippen LogP contribution in [0.25, 0.3) is 0 Å². The van der Waals surface area contributed by atoms with Gasteiger partial charge in [-0.2, -0.15) is 5.26 Å². The van der Waals surface area contributed by atoms with E-state index in [1.54, 1.807) is 17.8 Å². The summed E-state index contributed by atoms with van der Waals surface area (Å²) in [5.74, 6) is 0.526. The molecule has 0 saturated carbocycles. The van der Waals surface area contributed by atoms with Crippen LogP contribution in [0.5, 0.6) is 0 Å². The average Bonchev–Trinajstić information content (AvgIpc) is 2.29. The van der Waals surface area contributed by atoms with E-state index in [2.05, 4.69) is 22.0 Å². The van der Waals surface area contributed by atoms with Crippen LogP contribution in [-0.4, -0.2) is 11.0 Å². The van der Waals surface area contributed by atoms with E-state index >= 15 is 0 Å². The second kappa shape index (κ2) is 5.88. The zero-order chi connectivity index (χ0) is 13.1. The van der Waals surface area contributed by atoms with E-state index in [1.807, 2.05) is 26.8 Å². The Hall–Kier alpha value is -0.530. The topological polar surface area (TPSA) is 23.8 Å². The summed E-state index contributed by atoms with van der Waals surface area (Å²) in [6, 6.07) is 7.15. The van der Waals surface area contributed by atoms with Crippen LogP contribution < -0.4 is 0 Å². The highest BCUT2D eigenvalue weighted by Crippen LogP contribution is 2.32. The lowest BCUT2D eigenvalue weighted by atomic mass is 9.86. The molecule has 4 heteroatoms. The Morgan fingerprint density at radius 1 is 1.53 bits per heavy atom. The molecule has 0 aliphatic carbocycles. The fourth-order valence-corrected chi connectivity index (χ4v) is 2.72. The van der Waals surface area contributed by atoms with Crippen LogP contribution >= 0.6 is 27.7 Å². The fraction of sp³-hybridized carbons (Fsp3) is 0.462. The summed E-state index contributed by atoms with van der Waals surface area (Å²) in [6.45, 7) is 5.85. The van der Waals surface area contributed by atoms with Crippen molar-refractivity contribution in [2.75, 3.05) is 5.75 Å². The molecule has 0 bridgehead atoms. The molecular formula is C13H15BrFNS. The summed E-state index contributed by atoms with van der Waals surface area (Å²) in [6.07, 6.45) is 0. The molecule has 0 aromatic heterocycles. The third-order valence-electron chi connectivity index (χ3n) is 2.53. The van der Waals surface area contributed by atoms with Crippen molar-refractivity contribution in [2.24, 2.45) is 0 Å². The number of nitriles is 1. The Morgan fingerprint density at radius 2 is 2.18 bits per heavy atom. The van der Waals surface area contributed by atoms with Crippen LogP contribution in [0.15, 0.2) is 22.7 Å². The molecule has 92 valence electrons. The van der Waals surface area contributed by atoms with E-state index in [1.165, 1.54) is 6.07 Å². The molecule has 1 aromatic carbocycles. The van der Waals surface area contributed by atoms with Crippen LogP contribution in [0, 0.1) is 17.1 Å². The van der Waals surface area contributed by atoms with E-state index < -0.39 is 0 Å². The molecule has 0 N–H and O–H groups in total. The third kappa shape index (κ3) is 4.01. The second-order valence-corrected chi connectivity index (χ2v) is 6.84. The van der Waals surface area contributed by atoms with Gasteiger partial charge in [0.15, 0.2) is 0 Å². The monoisotopic (exact) mass is 315 g/mol. The minimum Gasteiger partial charge on any atom is -0.207 e. The molecule has 0 aliphatic rings. The summed E-state index contributed by atoms with van der Waals surface area (Å²) in [4.78, 5) is 0. The highest BCUT2D eigenvalue weighted by molar-refractivity contribution is 9.10. The standard InChI is InChI=1S/C13H15BrFNS/c1-9(7-16)17-8-13(2,3)11-6-10(14)4-5-12(11)15/h4-6,9H,8H2,1-3H3. The van der Waals surface area contributed by atoms with Gasteiger partial charge in [0.2, 0.25) is 0 Å². The molecular weight excluding hydrogens is 301 g/mol. The van der Waals surface area contributed by atoms with Gasteiger partial charge in [0.25, 0.3) is 0 Å². The first kappa shape index (κ1) is 14.5. The van der Waals surface area contributed by atoms with Gasteiger partial charge < -0.3 is 0 Å². The smallest absolute Gasteiger partial charge is 0.127 e. The molecule has 1 aromatic rings.